The second-order valence-corrected chi connectivity index (χ2v) is 3.18. The monoisotopic (exact) mass is 217 g/mol. The molecule has 5 nitrogen and oxygen atoms in total. The van der Waals surface area contributed by atoms with Crippen molar-refractivity contribution < 1.29 is 0 Å². The average molecular weight is 218 g/mol. The van der Waals surface area contributed by atoms with Crippen LogP contribution in [0, 0.1) is 16.7 Å². The lowest BCUT2D eigenvalue weighted by Crippen LogP contribution is -2.44. The fourth-order valence-corrected chi connectivity index (χ4v) is 1.26. The molecule has 0 amide bonds. The fraction of sp³-hybridized carbons (Fsp3) is 0.500. The molecule has 80 valence electrons. The van der Waals surface area contributed by atoms with Crippen molar-refractivity contribution in [2.24, 2.45) is 11.7 Å². The fourth-order valence-electron chi connectivity index (χ4n) is 1.26. The van der Waals surface area contributed by atoms with E-state index in [0.29, 0.717) is 12.0 Å². The van der Waals surface area contributed by atoms with E-state index in [4.69, 9.17) is 16.6 Å². The molecule has 0 bridgehead atoms. The molecule has 0 aromatic rings. The van der Waals surface area contributed by atoms with Crippen LogP contribution in [-0.2, 0) is 0 Å². The topological polar surface area (TPSA) is 97.8 Å². The molecule has 14 heavy (non-hydrogen) atoms. The van der Waals surface area contributed by atoms with Gasteiger partial charge in [-0.25, -0.2) is 0 Å². The first-order valence-electron chi connectivity index (χ1n) is 4.20. The van der Waals surface area contributed by atoms with Gasteiger partial charge in [-0.05, 0) is 18.8 Å². The second-order valence-electron chi connectivity index (χ2n) is 3.18. The van der Waals surface area contributed by atoms with Crippen molar-refractivity contribution in [2.45, 2.75) is 18.9 Å². The van der Waals surface area contributed by atoms with Crippen LogP contribution in [0.2, 0.25) is 0 Å². The molecule has 0 radical (unpaired) electrons. The molecule has 1 rings (SSSR count). The van der Waals surface area contributed by atoms with Crippen molar-refractivity contribution in [3.8, 4) is 0 Å². The molecule has 0 aromatic carbocycles. The van der Waals surface area contributed by atoms with Crippen molar-refractivity contribution in [3.05, 3.63) is 12.7 Å². The maximum atomic E-state index is 7.34. The zero-order valence-corrected chi connectivity index (χ0v) is 8.66. The molecule has 0 heterocycles. The quantitative estimate of drug-likeness (QED) is 0.269. The van der Waals surface area contributed by atoms with Crippen LogP contribution in [0.3, 0.4) is 0 Å². The number of hydrogen-bond donors (Lipinski definition) is 5. The van der Waals surface area contributed by atoms with E-state index in [0.717, 1.165) is 12.8 Å². The third-order valence-corrected chi connectivity index (χ3v) is 1.98. The number of rotatable bonds is 3. The first-order valence-corrected chi connectivity index (χ1v) is 4.20. The van der Waals surface area contributed by atoms with Gasteiger partial charge >= 0.3 is 0 Å². The zero-order valence-electron chi connectivity index (χ0n) is 7.84. The molecule has 1 aliphatic carbocycles. The molecular formula is C8H16ClN5. The van der Waals surface area contributed by atoms with Gasteiger partial charge in [0.2, 0.25) is 0 Å². The summed E-state index contributed by atoms with van der Waals surface area (Å²) in [7, 11) is 0. The molecule has 1 saturated carbocycles. The summed E-state index contributed by atoms with van der Waals surface area (Å²) < 4.78 is 0. The number of halogens is 1. The van der Waals surface area contributed by atoms with Gasteiger partial charge in [0.25, 0.3) is 0 Å². The molecule has 2 atom stereocenters. The highest BCUT2D eigenvalue weighted by molar-refractivity contribution is 5.95. The van der Waals surface area contributed by atoms with E-state index in [1.807, 2.05) is 6.08 Å². The number of nitrogens with two attached hydrogens (primary N) is 1. The van der Waals surface area contributed by atoms with E-state index in [2.05, 4.69) is 17.2 Å². The largest absolute Gasteiger partial charge is 0.370 e. The van der Waals surface area contributed by atoms with Crippen molar-refractivity contribution in [1.29, 1.82) is 10.8 Å². The van der Waals surface area contributed by atoms with E-state index in [-0.39, 0.29) is 24.3 Å². The summed E-state index contributed by atoms with van der Waals surface area (Å²) in [5.74, 6) is 0.481. The molecule has 0 saturated heterocycles. The van der Waals surface area contributed by atoms with Crippen LogP contribution in [0.1, 0.15) is 12.8 Å². The smallest absolute Gasteiger partial charge is 0.195 e. The van der Waals surface area contributed by atoms with Crippen molar-refractivity contribution in [2.75, 3.05) is 0 Å². The first kappa shape index (κ1) is 12.8. The lowest BCUT2D eigenvalue weighted by molar-refractivity contribution is 0.749. The standard InChI is InChI=1S/C8H15N5.ClH/c1-2-3-5-4-6(5)12-8(11)13-7(9)10;/h2,5-6H,1,3-4H2,(H6,9,10,11,12,13);1H. The Morgan fingerprint density at radius 1 is 1.57 bits per heavy atom. The highest BCUT2D eigenvalue weighted by Crippen LogP contribution is 2.33. The van der Waals surface area contributed by atoms with Crippen LogP contribution < -0.4 is 16.4 Å². The van der Waals surface area contributed by atoms with Gasteiger partial charge in [-0.2, -0.15) is 0 Å². The lowest BCUT2D eigenvalue weighted by atomic mass is 10.3. The van der Waals surface area contributed by atoms with Crippen LogP contribution in [0.4, 0.5) is 0 Å². The highest BCUT2D eigenvalue weighted by atomic mass is 35.5. The van der Waals surface area contributed by atoms with Crippen LogP contribution in [0.15, 0.2) is 12.7 Å². The normalized spacial score (nSPS) is 22.9. The van der Waals surface area contributed by atoms with Gasteiger partial charge < -0.3 is 11.1 Å². The van der Waals surface area contributed by atoms with Crippen LogP contribution >= 0.6 is 12.4 Å². The molecule has 1 fully saturated rings. The zero-order chi connectivity index (χ0) is 9.84. The minimum Gasteiger partial charge on any atom is -0.370 e. The van der Waals surface area contributed by atoms with Gasteiger partial charge in [0.1, 0.15) is 0 Å². The van der Waals surface area contributed by atoms with Gasteiger partial charge in [0.15, 0.2) is 11.9 Å². The van der Waals surface area contributed by atoms with Gasteiger partial charge in [-0.3, -0.25) is 16.1 Å². The van der Waals surface area contributed by atoms with Gasteiger partial charge in [0, 0.05) is 6.04 Å². The summed E-state index contributed by atoms with van der Waals surface area (Å²) in [5, 5.41) is 19.5. The molecule has 0 aliphatic heterocycles. The van der Waals surface area contributed by atoms with Crippen molar-refractivity contribution in [1.82, 2.24) is 10.6 Å². The summed E-state index contributed by atoms with van der Waals surface area (Å²) in [6, 6.07) is 0.345. The van der Waals surface area contributed by atoms with Crippen molar-refractivity contribution in [3.63, 3.8) is 0 Å². The summed E-state index contributed by atoms with van der Waals surface area (Å²) in [4.78, 5) is 0. The van der Waals surface area contributed by atoms with E-state index in [1.54, 1.807) is 0 Å². The van der Waals surface area contributed by atoms with E-state index in [1.165, 1.54) is 0 Å². The molecule has 6 N–H and O–H groups in total. The second kappa shape index (κ2) is 5.49. The first-order chi connectivity index (χ1) is 6.13. The Labute approximate surface area is 89.6 Å². The highest BCUT2D eigenvalue weighted by Gasteiger charge is 2.36. The summed E-state index contributed by atoms with van der Waals surface area (Å²) in [5.41, 5.74) is 5.06. The summed E-state index contributed by atoms with van der Waals surface area (Å²) in [6.07, 6.45) is 3.92. The Balaban J connectivity index is 0.00000169. The Hall–Kier alpha value is -1.23. The SMILES string of the molecule is C=CCC1CC1NC(=N)NC(=N)N.Cl. The number of hydrogen-bond acceptors (Lipinski definition) is 2. The summed E-state index contributed by atoms with van der Waals surface area (Å²) in [6.45, 7) is 3.65. The number of nitrogens with one attached hydrogen (secondary N) is 4. The molecule has 0 aromatic heterocycles. The van der Waals surface area contributed by atoms with Crippen LogP contribution in [-0.4, -0.2) is 18.0 Å². The molecule has 0 spiro atoms. The Bertz CT molecular complexity index is 240. The number of guanidine groups is 2. The summed E-state index contributed by atoms with van der Waals surface area (Å²) >= 11 is 0. The lowest BCUT2D eigenvalue weighted by Gasteiger charge is -2.07. The molecule has 2 unspecified atom stereocenters. The Morgan fingerprint density at radius 2 is 2.21 bits per heavy atom. The van der Waals surface area contributed by atoms with E-state index in [9.17, 15) is 0 Å². The van der Waals surface area contributed by atoms with Crippen molar-refractivity contribution >= 4 is 24.3 Å². The minimum absolute atomic E-state index is 0. The van der Waals surface area contributed by atoms with Crippen LogP contribution in [0.25, 0.3) is 0 Å². The maximum absolute atomic E-state index is 7.34. The third-order valence-electron chi connectivity index (χ3n) is 1.98. The van der Waals surface area contributed by atoms with E-state index < -0.39 is 0 Å². The average Bonchev–Trinajstić information content (AvgIpc) is 2.66. The van der Waals surface area contributed by atoms with Gasteiger partial charge in [-0.1, -0.05) is 6.08 Å². The van der Waals surface area contributed by atoms with Gasteiger partial charge in [-0.15, -0.1) is 19.0 Å². The molecular weight excluding hydrogens is 202 g/mol. The maximum Gasteiger partial charge on any atom is 0.195 e. The predicted octanol–water partition coefficient (Wildman–Crippen LogP) is 0.380. The molecule has 1 aliphatic rings. The Morgan fingerprint density at radius 3 is 2.71 bits per heavy atom. The third kappa shape index (κ3) is 4.13. The minimum atomic E-state index is -0.210. The Kier molecular flexibility index (Phi) is 5.01. The van der Waals surface area contributed by atoms with E-state index >= 15 is 0 Å². The molecule has 6 heteroatoms. The number of allylic oxidation sites excluding steroid dienone is 1. The van der Waals surface area contributed by atoms with Crippen LogP contribution in [0.5, 0.6) is 0 Å². The van der Waals surface area contributed by atoms with Gasteiger partial charge in [0.05, 0.1) is 0 Å². The predicted molar refractivity (Wildman–Crippen MR) is 59.9 cm³/mol.